The van der Waals surface area contributed by atoms with E-state index in [0.29, 0.717) is 5.56 Å². The van der Waals surface area contributed by atoms with Gasteiger partial charge in [0.2, 0.25) is 0 Å². The van der Waals surface area contributed by atoms with Crippen LogP contribution in [0.5, 0.6) is 0 Å². The molecule has 3 nitrogen and oxygen atoms in total. The van der Waals surface area contributed by atoms with E-state index in [-0.39, 0.29) is 6.42 Å². The third-order valence-electron chi connectivity index (χ3n) is 1.62. The summed E-state index contributed by atoms with van der Waals surface area (Å²) in [5.74, 6) is 4.93. The van der Waals surface area contributed by atoms with Crippen LogP contribution in [0, 0.1) is 0 Å². The molecule has 1 aromatic heterocycles. The van der Waals surface area contributed by atoms with Crippen LogP contribution in [-0.4, -0.2) is 11.4 Å². The molecule has 0 spiro atoms. The molecule has 0 aliphatic heterocycles. The molecule has 74 valence electrons. The van der Waals surface area contributed by atoms with Crippen LogP contribution in [0.25, 0.3) is 0 Å². The minimum absolute atomic E-state index is 0.0174. The fraction of sp³-hybridized carbons (Fsp3) is 0.429. The van der Waals surface area contributed by atoms with Gasteiger partial charge in [-0.3, -0.25) is 5.84 Å². The van der Waals surface area contributed by atoms with Crippen LogP contribution in [0.1, 0.15) is 5.56 Å². The third-order valence-corrected chi connectivity index (χ3v) is 1.88. The Morgan fingerprint density at radius 1 is 1.69 bits per heavy atom. The van der Waals surface area contributed by atoms with Crippen molar-refractivity contribution in [3.05, 3.63) is 24.2 Å². The van der Waals surface area contributed by atoms with E-state index in [2.05, 4.69) is 0 Å². The molecule has 0 aromatic carbocycles. The first-order valence-electron chi connectivity index (χ1n) is 3.58. The van der Waals surface area contributed by atoms with E-state index in [1.807, 2.05) is 5.43 Å². The Kier molecular flexibility index (Phi) is 3.24. The zero-order valence-corrected chi connectivity index (χ0v) is 7.39. The molecule has 1 heterocycles. The molecule has 1 rings (SSSR count). The van der Waals surface area contributed by atoms with Gasteiger partial charge in [0.1, 0.15) is 6.04 Å². The number of hydrogen-bond acceptors (Lipinski definition) is 3. The van der Waals surface area contributed by atoms with Gasteiger partial charge >= 0.3 is 5.38 Å². The molecule has 0 saturated carbocycles. The summed E-state index contributed by atoms with van der Waals surface area (Å²) < 4.78 is 29.9. The van der Waals surface area contributed by atoms with Gasteiger partial charge in [0.05, 0.1) is 12.5 Å². The second-order valence-electron chi connectivity index (χ2n) is 2.60. The summed E-state index contributed by atoms with van der Waals surface area (Å²) in [7, 11) is 0. The zero-order chi connectivity index (χ0) is 9.90. The van der Waals surface area contributed by atoms with E-state index in [4.69, 9.17) is 21.9 Å². The summed E-state index contributed by atoms with van der Waals surface area (Å²) in [4.78, 5) is 0. The number of nitrogens with one attached hydrogen (secondary N) is 1. The van der Waals surface area contributed by atoms with Crippen molar-refractivity contribution in [1.82, 2.24) is 5.43 Å². The number of furan rings is 1. The predicted molar refractivity (Wildman–Crippen MR) is 44.3 cm³/mol. The highest BCUT2D eigenvalue weighted by Crippen LogP contribution is 2.25. The Bertz CT molecular complexity index is 247. The van der Waals surface area contributed by atoms with Gasteiger partial charge in [-0.05, 0) is 29.7 Å². The summed E-state index contributed by atoms with van der Waals surface area (Å²) >= 11 is 4.81. The van der Waals surface area contributed by atoms with E-state index >= 15 is 0 Å². The zero-order valence-electron chi connectivity index (χ0n) is 6.64. The molecule has 0 saturated heterocycles. The minimum Gasteiger partial charge on any atom is -0.472 e. The van der Waals surface area contributed by atoms with Gasteiger partial charge in [-0.25, -0.2) is 5.43 Å². The highest BCUT2D eigenvalue weighted by molar-refractivity contribution is 6.22. The third kappa shape index (κ3) is 2.95. The van der Waals surface area contributed by atoms with Crippen LogP contribution in [0.4, 0.5) is 8.78 Å². The summed E-state index contributed by atoms with van der Waals surface area (Å²) in [6.07, 6.45) is 2.78. The number of alkyl halides is 3. The lowest BCUT2D eigenvalue weighted by atomic mass is 10.1. The average molecular weight is 211 g/mol. The molecular weight excluding hydrogens is 202 g/mol. The molecule has 13 heavy (non-hydrogen) atoms. The second-order valence-corrected chi connectivity index (χ2v) is 3.10. The Morgan fingerprint density at radius 3 is 2.77 bits per heavy atom. The summed E-state index contributed by atoms with van der Waals surface area (Å²) in [6.45, 7) is 0. The van der Waals surface area contributed by atoms with Crippen molar-refractivity contribution in [2.24, 2.45) is 5.84 Å². The maximum atomic E-state index is 12.6. The van der Waals surface area contributed by atoms with Crippen molar-refractivity contribution < 1.29 is 13.2 Å². The molecule has 0 fully saturated rings. The highest BCUT2D eigenvalue weighted by Gasteiger charge is 2.36. The number of hydrazine groups is 1. The first-order valence-corrected chi connectivity index (χ1v) is 3.95. The Balaban J connectivity index is 2.60. The fourth-order valence-electron chi connectivity index (χ4n) is 0.914. The molecule has 0 aliphatic carbocycles. The van der Waals surface area contributed by atoms with E-state index in [1.54, 1.807) is 6.07 Å². The Morgan fingerprint density at radius 2 is 2.38 bits per heavy atom. The van der Waals surface area contributed by atoms with Crippen LogP contribution in [0.15, 0.2) is 23.0 Å². The van der Waals surface area contributed by atoms with Crippen LogP contribution >= 0.6 is 11.6 Å². The fourth-order valence-corrected chi connectivity index (χ4v) is 1.05. The van der Waals surface area contributed by atoms with Crippen molar-refractivity contribution >= 4 is 11.6 Å². The molecular formula is C7H9ClF2N2O. The van der Waals surface area contributed by atoms with Gasteiger partial charge < -0.3 is 4.42 Å². The molecule has 1 atom stereocenters. The first kappa shape index (κ1) is 10.4. The first-order chi connectivity index (χ1) is 6.04. The highest BCUT2D eigenvalue weighted by atomic mass is 35.5. The molecule has 3 N–H and O–H groups in total. The topological polar surface area (TPSA) is 51.2 Å². The van der Waals surface area contributed by atoms with Gasteiger partial charge in [-0.1, -0.05) is 0 Å². The van der Waals surface area contributed by atoms with Gasteiger partial charge in [0, 0.05) is 0 Å². The maximum absolute atomic E-state index is 12.6. The van der Waals surface area contributed by atoms with Crippen molar-refractivity contribution in [2.45, 2.75) is 17.8 Å². The van der Waals surface area contributed by atoms with E-state index in [0.717, 1.165) is 0 Å². The Hall–Kier alpha value is -0.650. The van der Waals surface area contributed by atoms with Crippen molar-refractivity contribution in [2.75, 3.05) is 0 Å². The standard InChI is InChI=1S/C7H9ClF2N2O/c8-7(9,10)6(12-11)3-5-1-2-13-4-5/h1-2,4,6,12H,3,11H2. The van der Waals surface area contributed by atoms with E-state index in [1.165, 1.54) is 12.5 Å². The van der Waals surface area contributed by atoms with Crippen LogP contribution < -0.4 is 11.3 Å². The Labute approximate surface area is 78.8 Å². The van der Waals surface area contributed by atoms with Gasteiger partial charge in [0.25, 0.3) is 0 Å². The molecule has 0 radical (unpaired) electrons. The normalized spacial score (nSPS) is 14.5. The van der Waals surface area contributed by atoms with E-state index < -0.39 is 11.4 Å². The predicted octanol–water partition coefficient (Wildman–Crippen LogP) is 1.49. The SMILES string of the molecule is NNC(Cc1ccoc1)C(F)(F)Cl. The molecule has 0 amide bonds. The maximum Gasteiger partial charge on any atom is 0.338 e. The van der Waals surface area contributed by atoms with Crippen LogP contribution in [0.2, 0.25) is 0 Å². The monoisotopic (exact) mass is 210 g/mol. The van der Waals surface area contributed by atoms with Gasteiger partial charge in [-0.15, -0.1) is 0 Å². The molecule has 6 heteroatoms. The summed E-state index contributed by atoms with van der Waals surface area (Å²) in [5.41, 5.74) is 2.57. The van der Waals surface area contributed by atoms with Crippen LogP contribution in [-0.2, 0) is 6.42 Å². The lowest BCUT2D eigenvalue weighted by Crippen LogP contribution is -2.46. The number of nitrogens with two attached hydrogens (primary N) is 1. The summed E-state index contributed by atoms with van der Waals surface area (Å²) in [5, 5.41) is -3.37. The molecule has 0 bridgehead atoms. The largest absolute Gasteiger partial charge is 0.472 e. The smallest absolute Gasteiger partial charge is 0.338 e. The quantitative estimate of drug-likeness (QED) is 0.450. The molecule has 0 aliphatic rings. The summed E-state index contributed by atoms with van der Waals surface area (Å²) in [6, 6.07) is 0.277. The molecule has 1 aromatic rings. The second kappa shape index (κ2) is 4.04. The number of halogens is 3. The minimum atomic E-state index is -3.37. The van der Waals surface area contributed by atoms with Crippen molar-refractivity contribution in [3.8, 4) is 0 Å². The van der Waals surface area contributed by atoms with E-state index in [9.17, 15) is 8.78 Å². The van der Waals surface area contributed by atoms with Crippen molar-refractivity contribution in [1.29, 1.82) is 0 Å². The van der Waals surface area contributed by atoms with Gasteiger partial charge in [0.15, 0.2) is 0 Å². The van der Waals surface area contributed by atoms with Gasteiger partial charge in [-0.2, -0.15) is 8.78 Å². The lowest BCUT2D eigenvalue weighted by Gasteiger charge is -2.19. The van der Waals surface area contributed by atoms with Crippen molar-refractivity contribution in [3.63, 3.8) is 0 Å². The average Bonchev–Trinajstić information content (AvgIpc) is 2.49. The van der Waals surface area contributed by atoms with Crippen LogP contribution in [0.3, 0.4) is 0 Å². The number of rotatable bonds is 4. The molecule has 1 unspecified atom stereocenters. The lowest BCUT2D eigenvalue weighted by molar-refractivity contribution is 0.0502. The number of hydrogen-bond donors (Lipinski definition) is 2.